The van der Waals surface area contributed by atoms with Crippen LogP contribution >= 0.6 is 11.8 Å². The number of carbonyl (C=O) groups is 1. The largest absolute Gasteiger partial charge is 0.491 e. The molecule has 3 aromatic rings. The Balaban J connectivity index is 1.60. The van der Waals surface area contributed by atoms with Crippen molar-refractivity contribution in [3.63, 3.8) is 0 Å². The average molecular weight is 406 g/mol. The fraction of sp³-hybridized carbons (Fsp3) is 0.217. The molecule has 1 fully saturated rings. The van der Waals surface area contributed by atoms with Crippen molar-refractivity contribution >= 4 is 39.8 Å². The van der Waals surface area contributed by atoms with E-state index >= 15 is 0 Å². The van der Waals surface area contributed by atoms with Crippen LogP contribution in [0.5, 0.6) is 5.75 Å². The fourth-order valence-electron chi connectivity index (χ4n) is 3.44. The van der Waals surface area contributed by atoms with E-state index in [0.29, 0.717) is 11.5 Å². The molecule has 4 rings (SSSR count). The summed E-state index contributed by atoms with van der Waals surface area (Å²) in [5.74, 6) is 0.893. The minimum absolute atomic E-state index is 0.0182. The highest BCUT2D eigenvalue weighted by molar-refractivity contribution is 8.18. The monoisotopic (exact) mass is 405 g/mol. The molecule has 0 saturated carbocycles. The maximum atomic E-state index is 12.5. The van der Waals surface area contributed by atoms with Crippen LogP contribution in [0.15, 0.2) is 64.6 Å². The number of aliphatic imine (C=N–C) groups is 1. The van der Waals surface area contributed by atoms with Gasteiger partial charge in [-0.15, -0.1) is 0 Å². The van der Waals surface area contributed by atoms with E-state index < -0.39 is 0 Å². The highest BCUT2D eigenvalue weighted by Gasteiger charge is 2.30. The van der Waals surface area contributed by atoms with Crippen molar-refractivity contribution in [2.75, 3.05) is 20.7 Å². The van der Waals surface area contributed by atoms with Gasteiger partial charge < -0.3 is 9.30 Å². The van der Waals surface area contributed by atoms with Crippen LogP contribution in [-0.2, 0) is 11.3 Å². The molecule has 1 aliphatic rings. The molecule has 0 unspecified atom stereocenters. The smallest absolute Gasteiger partial charge is 0.266 e. The Bertz CT molecular complexity index is 1130. The zero-order valence-electron chi connectivity index (χ0n) is 16.8. The van der Waals surface area contributed by atoms with E-state index in [1.54, 1.807) is 19.0 Å². The number of para-hydroxylation sites is 2. The van der Waals surface area contributed by atoms with Crippen molar-refractivity contribution in [1.29, 1.82) is 0 Å². The van der Waals surface area contributed by atoms with Crippen LogP contribution in [0.3, 0.4) is 0 Å². The molecule has 1 amide bonds. The summed E-state index contributed by atoms with van der Waals surface area (Å²) in [4.78, 5) is 19.0. The van der Waals surface area contributed by atoms with Gasteiger partial charge in [0.1, 0.15) is 12.4 Å². The predicted molar refractivity (Wildman–Crippen MR) is 120 cm³/mol. The molecule has 0 N–H and O–H groups in total. The first-order chi connectivity index (χ1) is 14.1. The van der Waals surface area contributed by atoms with Crippen molar-refractivity contribution in [3.05, 3.63) is 70.8 Å². The zero-order valence-corrected chi connectivity index (χ0v) is 17.6. The third kappa shape index (κ3) is 3.80. The maximum absolute atomic E-state index is 12.5. The van der Waals surface area contributed by atoms with Crippen molar-refractivity contribution < 1.29 is 9.53 Å². The van der Waals surface area contributed by atoms with E-state index in [0.717, 1.165) is 39.5 Å². The molecule has 0 bridgehead atoms. The summed E-state index contributed by atoms with van der Waals surface area (Å²) in [6, 6.07) is 16.3. The Morgan fingerprint density at radius 3 is 2.66 bits per heavy atom. The van der Waals surface area contributed by atoms with Gasteiger partial charge in [0.2, 0.25) is 0 Å². The van der Waals surface area contributed by atoms with Gasteiger partial charge >= 0.3 is 0 Å². The summed E-state index contributed by atoms with van der Waals surface area (Å²) in [5, 5.41) is 1.84. The number of amidine groups is 1. The van der Waals surface area contributed by atoms with Crippen molar-refractivity contribution in [1.82, 2.24) is 9.47 Å². The Kier molecular flexibility index (Phi) is 5.45. The quantitative estimate of drug-likeness (QED) is 0.585. The van der Waals surface area contributed by atoms with E-state index in [-0.39, 0.29) is 5.91 Å². The van der Waals surface area contributed by atoms with Gasteiger partial charge in [0.05, 0.1) is 11.4 Å². The average Bonchev–Trinajstić information content (AvgIpc) is 3.22. The van der Waals surface area contributed by atoms with E-state index in [1.165, 1.54) is 11.8 Å². The molecule has 1 aliphatic heterocycles. The van der Waals surface area contributed by atoms with Gasteiger partial charge in [-0.3, -0.25) is 14.7 Å². The first-order valence-corrected chi connectivity index (χ1v) is 10.3. The molecule has 0 atom stereocenters. The Hall–Kier alpha value is -2.99. The van der Waals surface area contributed by atoms with Gasteiger partial charge in [0.25, 0.3) is 5.91 Å². The third-order valence-electron chi connectivity index (χ3n) is 4.98. The maximum Gasteiger partial charge on any atom is 0.266 e. The number of hydrogen-bond donors (Lipinski definition) is 0. The molecular formula is C23H23N3O2S. The third-order valence-corrected chi connectivity index (χ3v) is 6.14. The lowest BCUT2D eigenvalue weighted by Gasteiger charge is -2.10. The second-order valence-electron chi connectivity index (χ2n) is 6.89. The summed E-state index contributed by atoms with van der Waals surface area (Å²) in [5.41, 5.74) is 3.28. The lowest BCUT2D eigenvalue weighted by Crippen LogP contribution is -2.23. The van der Waals surface area contributed by atoms with E-state index in [9.17, 15) is 4.79 Å². The van der Waals surface area contributed by atoms with Crippen LogP contribution in [0.1, 0.15) is 11.1 Å². The van der Waals surface area contributed by atoms with Gasteiger partial charge in [0.15, 0.2) is 5.17 Å². The zero-order chi connectivity index (χ0) is 20.4. The summed E-state index contributed by atoms with van der Waals surface area (Å²) in [6.07, 6.45) is 4.05. The minimum atomic E-state index is -0.0182. The summed E-state index contributed by atoms with van der Waals surface area (Å²) < 4.78 is 8.16. The van der Waals surface area contributed by atoms with Crippen LogP contribution in [0.4, 0.5) is 0 Å². The van der Waals surface area contributed by atoms with Crippen LogP contribution in [-0.4, -0.2) is 41.2 Å². The van der Waals surface area contributed by atoms with E-state index in [1.807, 2.05) is 49.4 Å². The number of amides is 1. The molecule has 0 spiro atoms. The molecule has 0 aliphatic carbocycles. The highest BCUT2D eigenvalue weighted by atomic mass is 32.2. The molecule has 5 nitrogen and oxygen atoms in total. The number of rotatable bonds is 5. The standard InChI is InChI=1S/C23H23N3O2S/c1-16-8-4-7-11-20(16)28-13-12-26-15-17(18-9-5-6-10-19(18)26)14-21-22(27)25(3)23(24-2)29-21/h4-11,14-15H,12-13H2,1-3H3/b21-14-,24-23?. The molecule has 2 aromatic carbocycles. The number of nitrogens with zero attached hydrogens (tertiary/aromatic N) is 3. The minimum Gasteiger partial charge on any atom is -0.491 e. The molecule has 29 heavy (non-hydrogen) atoms. The van der Waals surface area contributed by atoms with Gasteiger partial charge in [-0.1, -0.05) is 36.4 Å². The number of thioether (sulfide) groups is 1. The number of carbonyl (C=O) groups excluding carboxylic acids is 1. The van der Waals surface area contributed by atoms with Crippen LogP contribution < -0.4 is 4.74 Å². The number of aryl methyl sites for hydroxylation is 1. The number of benzene rings is 2. The lowest BCUT2D eigenvalue weighted by atomic mass is 10.1. The summed E-state index contributed by atoms with van der Waals surface area (Å²) >= 11 is 1.41. The number of fused-ring (bicyclic) bond motifs is 1. The van der Waals surface area contributed by atoms with Gasteiger partial charge in [0, 0.05) is 36.8 Å². The predicted octanol–water partition coefficient (Wildman–Crippen LogP) is 4.56. The van der Waals surface area contributed by atoms with Crippen molar-refractivity contribution in [2.45, 2.75) is 13.5 Å². The van der Waals surface area contributed by atoms with Gasteiger partial charge in [-0.2, -0.15) is 0 Å². The Labute approximate surface area is 174 Å². The highest BCUT2D eigenvalue weighted by Crippen LogP contribution is 2.33. The molecular weight excluding hydrogens is 382 g/mol. The van der Waals surface area contributed by atoms with Crippen LogP contribution in [0.25, 0.3) is 17.0 Å². The lowest BCUT2D eigenvalue weighted by molar-refractivity contribution is -0.121. The normalized spacial score (nSPS) is 17.1. The topological polar surface area (TPSA) is 46.8 Å². The molecule has 1 saturated heterocycles. The first kappa shape index (κ1) is 19.3. The Morgan fingerprint density at radius 1 is 1.14 bits per heavy atom. The van der Waals surface area contributed by atoms with E-state index in [2.05, 4.69) is 27.9 Å². The van der Waals surface area contributed by atoms with Gasteiger partial charge in [-0.05, 0) is 42.5 Å². The number of aromatic nitrogens is 1. The van der Waals surface area contributed by atoms with Crippen molar-refractivity contribution in [3.8, 4) is 5.75 Å². The summed E-state index contributed by atoms with van der Waals surface area (Å²) in [7, 11) is 3.46. The first-order valence-electron chi connectivity index (χ1n) is 9.49. The number of likely N-dealkylation sites (N-methyl/N-ethyl adjacent to an activating group) is 1. The molecule has 6 heteroatoms. The van der Waals surface area contributed by atoms with Gasteiger partial charge in [-0.25, -0.2) is 0 Å². The van der Waals surface area contributed by atoms with Crippen LogP contribution in [0, 0.1) is 6.92 Å². The molecule has 1 aromatic heterocycles. The fourth-order valence-corrected chi connectivity index (χ4v) is 4.36. The summed E-state index contributed by atoms with van der Waals surface area (Å²) in [6.45, 7) is 3.34. The molecule has 0 radical (unpaired) electrons. The second kappa shape index (κ2) is 8.17. The Morgan fingerprint density at radius 2 is 1.90 bits per heavy atom. The van der Waals surface area contributed by atoms with Crippen LogP contribution in [0.2, 0.25) is 0 Å². The van der Waals surface area contributed by atoms with Crippen molar-refractivity contribution in [2.24, 2.45) is 4.99 Å². The number of ether oxygens (including phenoxy) is 1. The SMILES string of the molecule is CN=C1S/C(=C\c2cn(CCOc3ccccc3C)c3ccccc23)C(=O)N1C. The second-order valence-corrected chi connectivity index (χ2v) is 7.90. The van der Waals surface area contributed by atoms with E-state index in [4.69, 9.17) is 4.74 Å². The number of hydrogen-bond acceptors (Lipinski definition) is 4. The molecule has 148 valence electrons. The molecule has 2 heterocycles.